The first-order valence-electron chi connectivity index (χ1n) is 5.41. The molecule has 0 atom stereocenters. The molecular formula is C12H15ClN2O3. The van der Waals surface area contributed by atoms with Crippen molar-refractivity contribution in [1.29, 1.82) is 0 Å². The number of rotatable bonds is 4. The van der Waals surface area contributed by atoms with Crippen LogP contribution in [0.3, 0.4) is 0 Å². The average molecular weight is 271 g/mol. The van der Waals surface area contributed by atoms with E-state index in [9.17, 15) is 9.59 Å². The van der Waals surface area contributed by atoms with Crippen molar-refractivity contribution in [1.82, 2.24) is 4.90 Å². The second-order valence-electron chi connectivity index (χ2n) is 3.70. The van der Waals surface area contributed by atoms with Crippen LogP contribution in [0.2, 0.25) is 5.02 Å². The molecule has 0 spiro atoms. The Kier molecular flexibility index (Phi) is 4.97. The zero-order chi connectivity index (χ0) is 13.7. The molecule has 0 aliphatic rings. The van der Waals surface area contributed by atoms with Gasteiger partial charge in [0.1, 0.15) is 6.54 Å². The van der Waals surface area contributed by atoms with E-state index >= 15 is 0 Å². The van der Waals surface area contributed by atoms with Crippen LogP contribution in [0, 0.1) is 0 Å². The van der Waals surface area contributed by atoms with Gasteiger partial charge in [0.2, 0.25) is 0 Å². The molecule has 0 bridgehead atoms. The normalized spacial score (nSPS) is 9.94. The summed E-state index contributed by atoms with van der Waals surface area (Å²) in [6, 6.07) is 4.60. The lowest BCUT2D eigenvalue weighted by Crippen LogP contribution is -2.33. The molecule has 6 heteroatoms. The van der Waals surface area contributed by atoms with Crippen LogP contribution in [0.25, 0.3) is 0 Å². The number of carbonyl (C=O) groups is 2. The molecule has 0 aromatic heterocycles. The summed E-state index contributed by atoms with van der Waals surface area (Å²) in [5, 5.41) is 0.456. The van der Waals surface area contributed by atoms with Gasteiger partial charge in [-0.3, -0.25) is 9.59 Å². The van der Waals surface area contributed by atoms with Gasteiger partial charge in [-0.15, -0.1) is 0 Å². The van der Waals surface area contributed by atoms with Gasteiger partial charge < -0.3 is 15.4 Å². The lowest BCUT2D eigenvalue weighted by Gasteiger charge is -2.17. The number of amides is 1. The summed E-state index contributed by atoms with van der Waals surface area (Å²) >= 11 is 5.75. The molecule has 0 radical (unpaired) electrons. The van der Waals surface area contributed by atoms with E-state index in [2.05, 4.69) is 0 Å². The summed E-state index contributed by atoms with van der Waals surface area (Å²) < 4.78 is 4.76. The molecule has 1 amide bonds. The first-order valence-corrected chi connectivity index (χ1v) is 5.79. The van der Waals surface area contributed by atoms with Gasteiger partial charge in [0.25, 0.3) is 5.91 Å². The van der Waals surface area contributed by atoms with E-state index in [1.165, 1.54) is 24.1 Å². The summed E-state index contributed by atoms with van der Waals surface area (Å²) in [7, 11) is 1.51. The molecule has 0 aliphatic carbocycles. The highest BCUT2D eigenvalue weighted by molar-refractivity contribution is 6.31. The molecular weight excluding hydrogens is 256 g/mol. The maximum absolute atomic E-state index is 12.0. The minimum absolute atomic E-state index is 0.116. The van der Waals surface area contributed by atoms with Gasteiger partial charge >= 0.3 is 5.97 Å². The molecule has 0 saturated heterocycles. The third-order valence-corrected chi connectivity index (χ3v) is 2.50. The number of benzene rings is 1. The Hall–Kier alpha value is -1.75. The Labute approximate surface area is 110 Å². The van der Waals surface area contributed by atoms with Crippen molar-refractivity contribution in [3.63, 3.8) is 0 Å². The van der Waals surface area contributed by atoms with Crippen LogP contribution >= 0.6 is 11.6 Å². The highest BCUT2D eigenvalue weighted by Crippen LogP contribution is 2.19. The highest BCUT2D eigenvalue weighted by atomic mass is 35.5. The summed E-state index contributed by atoms with van der Waals surface area (Å²) in [6.07, 6.45) is 0. The Balaban J connectivity index is 2.77. The molecule has 0 fully saturated rings. The molecule has 0 saturated carbocycles. The SMILES string of the molecule is CCOC(=O)CN(C)C(=O)c1ccc(Cl)cc1N. The molecule has 1 rings (SSSR count). The monoisotopic (exact) mass is 270 g/mol. The quantitative estimate of drug-likeness (QED) is 0.666. The third kappa shape index (κ3) is 3.63. The van der Waals surface area contributed by atoms with E-state index in [1.54, 1.807) is 13.0 Å². The van der Waals surface area contributed by atoms with Crippen molar-refractivity contribution in [2.75, 3.05) is 25.9 Å². The van der Waals surface area contributed by atoms with E-state index in [0.717, 1.165) is 0 Å². The van der Waals surface area contributed by atoms with E-state index in [1.807, 2.05) is 0 Å². The van der Waals surface area contributed by atoms with Gasteiger partial charge in [0.05, 0.1) is 12.2 Å². The van der Waals surface area contributed by atoms with E-state index < -0.39 is 5.97 Å². The fraction of sp³-hybridized carbons (Fsp3) is 0.333. The minimum Gasteiger partial charge on any atom is -0.465 e. The van der Waals surface area contributed by atoms with Crippen LogP contribution in [0.4, 0.5) is 5.69 Å². The molecule has 2 N–H and O–H groups in total. The zero-order valence-electron chi connectivity index (χ0n) is 10.3. The second kappa shape index (κ2) is 6.26. The van der Waals surface area contributed by atoms with Crippen LogP contribution in [-0.2, 0) is 9.53 Å². The second-order valence-corrected chi connectivity index (χ2v) is 4.13. The van der Waals surface area contributed by atoms with Crippen molar-refractivity contribution < 1.29 is 14.3 Å². The van der Waals surface area contributed by atoms with Crippen LogP contribution in [0.5, 0.6) is 0 Å². The lowest BCUT2D eigenvalue weighted by atomic mass is 10.1. The molecule has 0 unspecified atom stereocenters. The number of esters is 1. The molecule has 1 aromatic rings. The van der Waals surface area contributed by atoms with Crippen molar-refractivity contribution in [2.45, 2.75) is 6.92 Å². The number of halogens is 1. The van der Waals surface area contributed by atoms with E-state index in [-0.39, 0.29) is 24.7 Å². The Bertz CT molecular complexity index is 463. The summed E-state index contributed by atoms with van der Waals surface area (Å²) in [5.41, 5.74) is 6.29. The van der Waals surface area contributed by atoms with Crippen molar-refractivity contribution in [2.24, 2.45) is 0 Å². The Morgan fingerprint density at radius 2 is 2.11 bits per heavy atom. The number of nitrogens with zero attached hydrogens (tertiary/aromatic N) is 1. The maximum Gasteiger partial charge on any atom is 0.325 e. The third-order valence-electron chi connectivity index (χ3n) is 2.26. The number of nitrogen functional groups attached to an aromatic ring is 1. The number of hydrogen-bond donors (Lipinski definition) is 1. The minimum atomic E-state index is -0.458. The van der Waals surface area contributed by atoms with E-state index in [4.69, 9.17) is 22.1 Å². The zero-order valence-corrected chi connectivity index (χ0v) is 11.0. The van der Waals surface area contributed by atoms with Crippen molar-refractivity contribution in [3.8, 4) is 0 Å². The number of carbonyl (C=O) groups excluding carboxylic acids is 2. The van der Waals surface area contributed by atoms with Crippen LogP contribution in [0.1, 0.15) is 17.3 Å². The first-order chi connectivity index (χ1) is 8.45. The lowest BCUT2D eigenvalue weighted by molar-refractivity contribution is -0.143. The van der Waals surface area contributed by atoms with Crippen molar-refractivity contribution >= 4 is 29.2 Å². The fourth-order valence-corrected chi connectivity index (χ4v) is 1.59. The predicted octanol–water partition coefficient (Wildman–Crippen LogP) is 1.56. The molecule has 18 heavy (non-hydrogen) atoms. The smallest absolute Gasteiger partial charge is 0.325 e. The molecule has 0 heterocycles. The Morgan fingerprint density at radius 3 is 2.67 bits per heavy atom. The topological polar surface area (TPSA) is 72.6 Å². The number of anilines is 1. The molecule has 1 aromatic carbocycles. The number of hydrogen-bond acceptors (Lipinski definition) is 4. The summed E-state index contributed by atoms with van der Waals surface area (Å²) in [4.78, 5) is 24.5. The summed E-state index contributed by atoms with van der Waals surface area (Å²) in [5.74, 6) is -0.807. The highest BCUT2D eigenvalue weighted by Gasteiger charge is 2.17. The van der Waals surface area contributed by atoms with Gasteiger partial charge in [-0.05, 0) is 25.1 Å². The Morgan fingerprint density at radius 1 is 1.44 bits per heavy atom. The number of nitrogens with two attached hydrogens (primary N) is 1. The molecule has 5 nitrogen and oxygen atoms in total. The van der Waals surface area contributed by atoms with Gasteiger partial charge in [0.15, 0.2) is 0 Å². The van der Waals surface area contributed by atoms with Crippen LogP contribution < -0.4 is 5.73 Å². The number of ether oxygens (including phenoxy) is 1. The molecule has 0 aliphatic heterocycles. The van der Waals surface area contributed by atoms with Gasteiger partial charge in [-0.1, -0.05) is 11.6 Å². The fourth-order valence-electron chi connectivity index (χ4n) is 1.41. The van der Waals surface area contributed by atoms with Gasteiger partial charge in [-0.25, -0.2) is 0 Å². The van der Waals surface area contributed by atoms with Gasteiger partial charge in [-0.2, -0.15) is 0 Å². The van der Waals surface area contributed by atoms with Crippen molar-refractivity contribution in [3.05, 3.63) is 28.8 Å². The first kappa shape index (κ1) is 14.3. The summed E-state index contributed by atoms with van der Waals surface area (Å²) in [6.45, 7) is 1.87. The van der Waals surface area contributed by atoms with E-state index in [0.29, 0.717) is 10.6 Å². The largest absolute Gasteiger partial charge is 0.465 e. The van der Waals surface area contributed by atoms with Crippen LogP contribution in [-0.4, -0.2) is 37.0 Å². The maximum atomic E-state index is 12.0. The predicted molar refractivity (Wildman–Crippen MR) is 69.5 cm³/mol. The standard InChI is InChI=1S/C12H15ClN2O3/c1-3-18-11(16)7-15(2)12(17)9-5-4-8(13)6-10(9)14/h4-6H,3,7,14H2,1-2H3. The average Bonchev–Trinajstić information content (AvgIpc) is 2.28. The van der Waals surface area contributed by atoms with Gasteiger partial charge in [0, 0.05) is 17.8 Å². The van der Waals surface area contributed by atoms with Crippen LogP contribution in [0.15, 0.2) is 18.2 Å². The number of likely N-dealkylation sites (N-methyl/N-ethyl adjacent to an activating group) is 1. The molecule has 98 valence electrons.